The third-order valence-electron chi connectivity index (χ3n) is 2.64. The third-order valence-corrected chi connectivity index (χ3v) is 3.41. The van der Waals surface area contributed by atoms with Crippen LogP contribution in [0.5, 0.6) is 0 Å². The van der Waals surface area contributed by atoms with Crippen LogP contribution in [0.3, 0.4) is 0 Å². The molecule has 3 rings (SSSR count). The molecule has 17 heavy (non-hydrogen) atoms. The highest BCUT2D eigenvalue weighted by molar-refractivity contribution is 9.10. The fourth-order valence-corrected chi connectivity index (χ4v) is 2.23. The van der Waals surface area contributed by atoms with Crippen molar-refractivity contribution in [1.82, 2.24) is 4.98 Å². The minimum atomic E-state index is 0.704. The number of para-hydroxylation sites is 2. The Morgan fingerprint density at radius 3 is 2.59 bits per heavy atom. The van der Waals surface area contributed by atoms with Gasteiger partial charge in [0.15, 0.2) is 11.5 Å². The Bertz CT molecular complexity index is 627. The molecule has 3 heteroatoms. The highest BCUT2D eigenvalue weighted by atomic mass is 79.9. The van der Waals surface area contributed by atoms with Crippen molar-refractivity contribution >= 4 is 27.0 Å². The first-order valence-corrected chi connectivity index (χ1v) is 6.20. The molecule has 2 aromatic carbocycles. The average molecular weight is 288 g/mol. The zero-order valence-corrected chi connectivity index (χ0v) is 10.6. The van der Waals surface area contributed by atoms with Gasteiger partial charge in [0.25, 0.3) is 0 Å². The molecule has 0 unspecified atom stereocenters. The van der Waals surface area contributed by atoms with Crippen molar-refractivity contribution in [2.45, 2.75) is 6.42 Å². The van der Waals surface area contributed by atoms with Crippen molar-refractivity contribution in [3.63, 3.8) is 0 Å². The maximum Gasteiger partial charge on any atom is 0.199 e. The number of nitrogens with zero attached hydrogens (tertiary/aromatic N) is 1. The third kappa shape index (κ3) is 2.11. The highest BCUT2D eigenvalue weighted by Crippen LogP contribution is 2.21. The number of benzene rings is 2. The lowest BCUT2D eigenvalue weighted by Crippen LogP contribution is -1.88. The van der Waals surface area contributed by atoms with Crippen molar-refractivity contribution in [3.05, 3.63) is 64.5 Å². The lowest BCUT2D eigenvalue weighted by Gasteiger charge is -1.99. The van der Waals surface area contributed by atoms with Crippen LogP contribution in [-0.2, 0) is 6.42 Å². The topological polar surface area (TPSA) is 26.0 Å². The van der Waals surface area contributed by atoms with E-state index in [4.69, 9.17) is 4.42 Å². The van der Waals surface area contributed by atoms with E-state index in [2.05, 4.69) is 27.0 Å². The van der Waals surface area contributed by atoms with Gasteiger partial charge in [-0.15, -0.1) is 0 Å². The van der Waals surface area contributed by atoms with E-state index in [0.717, 1.165) is 21.5 Å². The second-order valence-electron chi connectivity index (χ2n) is 3.84. The van der Waals surface area contributed by atoms with E-state index in [9.17, 15) is 0 Å². The molecule has 84 valence electrons. The van der Waals surface area contributed by atoms with E-state index < -0.39 is 0 Å². The first-order chi connectivity index (χ1) is 8.33. The van der Waals surface area contributed by atoms with E-state index in [1.807, 2.05) is 42.5 Å². The molecule has 0 fully saturated rings. The molecule has 0 radical (unpaired) electrons. The molecule has 0 saturated carbocycles. The molecule has 0 aliphatic carbocycles. The normalized spacial score (nSPS) is 10.9. The van der Waals surface area contributed by atoms with Crippen LogP contribution in [-0.4, -0.2) is 4.98 Å². The molecule has 0 aliphatic heterocycles. The quantitative estimate of drug-likeness (QED) is 0.707. The van der Waals surface area contributed by atoms with E-state index in [0.29, 0.717) is 6.42 Å². The number of aromatic nitrogens is 1. The van der Waals surface area contributed by atoms with Crippen LogP contribution in [0.15, 0.2) is 57.4 Å². The Morgan fingerprint density at radius 2 is 1.76 bits per heavy atom. The summed E-state index contributed by atoms with van der Waals surface area (Å²) < 4.78 is 6.78. The van der Waals surface area contributed by atoms with Crippen molar-refractivity contribution < 1.29 is 4.42 Å². The van der Waals surface area contributed by atoms with Crippen LogP contribution in [0.25, 0.3) is 11.1 Å². The summed E-state index contributed by atoms with van der Waals surface area (Å²) >= 11 is 3.53. The number of hydrogen-bond donors (Lipinski definition) is 0. The van der Waals surface area contributed by atoms with E-state index in [-0.39, 0.29) is 0 Å². The van der Waals surface area contributed by atoms with Crippen LogP contribution >= 0.6 is 15.9 Å². The molecule has 0 spiro atoms. The van der Waals surface area contributed by atoms with Gasteiger partial charge in [0.05, 0.1) is 6.42 Å². The monoisotopic (exact) mass is 287 g/mol. The Kier molecular flexibility index (Phi) is 2.69. The van der Waals surface area contributed by atoms with Gasteiger partial charge in [-0.25, -0.2) is 4.98 Å². The van der Waals surface area contributed by atoms with E-state index >= 15 is 0 Å². The smallest absolute Gasteiger partial charge is 0.199 e. The van der Waals surface area contributed by atoms with Crippen LogP contribution in [0.2, 0.25) is 0 Å². The Morgan fingerprint density at radius 1 is 1.00 bits per heavy atom. The molecule has 0 aliphatic rings. The number of halogens is 1. The minimum Gasteiger partial charge on any atom is -0.440 e. The number of hydrogen-bond acceptors (Lipinski definition) is 2. The second kappa shape index (κ2) is 4.34. The molecule has 2 nitrogen and oxygen atoms in total. The van der Waals surface area contributed by atoms with Crippen molar-refractivity contribution in [3.8, 4) is 0 Å². The van der Waals surface area contributed by atoms with Gasteiger partial charge in [-0.3, -0.25) is 0 Å². The lowest BCUT2D eigenvalue weighted by atomic mass is 10.1. The van der Waals surface area contributed by atoms with Crippen molar-refractivity contribution in [1.29, 1.82) is 0 Å². The van der Waals surface area contributed by atoms with Gasteiger partial charge in [0.2, 0.25) is 0 Å². The first kappa shape index (κ1) is 10.5. The number of fused-ring (bicyclic) bond motifs is 1. The molecule has 1 aromatic heterocycles. The van der Waals surface area contributed by atoms with Crippen LogP contribution in [0, 0.1) is 0 Å². The summed E-state index contributed by atoms with van der Waals surface area (Å²) in [5.41, 5.74) is 2.93. The zero-order valence-electron chi connectivity index (χ0n) is 9.06. The molecule has 1 heterocycles. The summed E-state index contributed by atoms with van der Waals surface area (Å²) in [6.45, 7) is 0. The molecule has 0 saturated heterocycles. The predicted molar refractivity (Wildman–Crippen MR) is 71.0 cm³/mol. The number of oxazole rings is 1. The standard InChI is InChI=1S/C14H10BrNO/c15-11-6-2-1-5-10(11)9-14-16-12-7-3-4-8-13(12)17-14/h1-8H,9H2. The lowest BCUT2D eigenvalue weighted by molar-refractivity contribution is 0.544. The molecular formula is C14H10BrNO. The average Bonchev–Trinajstić information content (AvgIpc) is 2.74. The predicted octanol–water partition coefficient (Wildman–Crippen LogP) is 4.18. The molecule has 0 amide bonds. The maximum absolute atomic E-state index is 5.70. The van der Waals surface area contributed by atoms with Gasteiger partial charge in [0, 0.05) is 4.47 Å². The SMILES string of the molecule is Brc1ccccc1Cc1nc2ccccc2o1. The van der Waals surface area contributed by atoms with Crippen molar-refractivity contribution in [2.75, 3.05) is 0 Å². The minimum absolute atomic E-state index is 0.704. The Balaban J connectivity index is 1.98. The van der Waals surface area contributed by atoms with Gasteiger partial charge >= 0.3 is 0 Å². The fourth-order valence-electron chi connectivity index (χ4n) is 1.80. The second-order valence-corrected chi connectivity index (χ2v) is 4.70. The van der Waals surface area contributed by atoms with Crippen LogP contribution in [0.1, 0.15) is 11.5 Å². The Hall–Kier alpha value is -1.61. The summed E-state index contributed by atoms with van der Waals surface area (Å²) in [5, 5.41) is 0. The first-order valence-electron chi connectivity index (χ1n) is 5.41. The summed E-state index contributed by atoms with van der Waals surface area (Å²) in [4.78, 5) is 4.46. The zero-order chi connectivity index (χ0) is 11.7. The summed E-state index contributed by atoms with van der Waals surface area (Å²) in [5.74, 6) is 0.748. The fraction of sp³-hybridized carbons (Fsp3) is 0.0714. The molecule has 0 N–H and O–H groups in total. The maximum atomic E-state index is 5.70. The molecule has 0 atom stereocenters. The number of rotatable bonds is 2. The Labute approximate surface area is 107 Å². The van der Waals surface area contributed by atoms with Gasteiger partial charge < -0.3 is 4.42 Å². The molecule has 3 aromatic rings. The summed E-state index contributed by atoms with van der Waals surface area (Å²) in [7, 11) is 0. The van der Waals surface area contributed by atoms with Gasteiger partial charge in [-0.1, -0.05) is 46.3 Å². The van der Waals surface area contributed by atoms with Gasteiger partial charge in [0.1, 0.15) is 5.52 Å². The van der Waals surface area contributed by atoms with Crippen LogP contribution in [0.4, 0.5) is 0 Å². The highest BCUT2D eigenvalue weighted by Gasteiger charge is 2.07. The van der Waals surface area contributed by atoms with Gasteiger partial charge in [-0.2, -0.15) is 0 Å². The summed E-state index contributed by atoms with van der Waals surface area (Å²) in [6, 6.07) is 15.9. The van der Waals surface area contributed by atoms with E-state index in [1.165, 1.54) is 5.56 Å². The molecular weight excluding hydrogens is 278 g/mol. The summed E-state index contributed by atoms with van der Waals surface area (Å²) in [6.07, 6.45) is 0.704. The van der Waals surface area contributed by atoms with E-state index in [1.54, 1.807) is 0 Å². The van der Waals surface area contributed by atoms with Gasteiger partial charge in [-0.05, 0) is 23.8 Å². The largest absolute Gasteiger partial charge is 0.440 e. The van der Waals surface area contributed by atoms with Crippen molar-refractivity contribution in [2.24, 2.45) is 0 Å². The molecule has 0 bridgehead atoms. The van der Waals surface area contributed by atoms with Crippen LogP contribution < -0.4 is 0 Å².